The van der Waals surface area contributed by atoms with Crippen LogP contribution in [0.25, 0.3) is 5.69 Å². The normalized spacial score (nSPS) is 17.4. The van der Waals surface area contributed by atoms with Crippen LogP contribution in [0.1, 0.15) is 35.6 Å². The molecule has 3 N–H and O–H groups in total. The number of carbonyl (C=O) groups excluding carboxylic acids is 1. The van der Waals surface area contributed by atoms with Crippen LogP contribution >= 0.6 is 0 Å². The Kier molecular flexibility index (Phi) is 8.27. The molecule has 0 spiro atoms. The molecule has 0 saturated carbocycles. The van der Waals surface area contributed by atoms with Gasteiger partial charge in [-0.05, 0) is 55.8 Å². The van der Waals surface area contributed by atoms with Crippen LogP contribution in [0, 0.1) is 0 Å². The van der Waals surface area contributed by atoms with Crippen LogP contribution in [0.15, 0.2) is 60.7 Å². The number of anilines is 1. The second-order valence-corrected chi connectivity index (χ2v) is 8.86. The van der Waals surface area contributed by atoms with Gasteiger partial charge in [-0.1, -0.05) is 48.5 Å². The van der Waals surface area contributed by atoms with Crippen LogP contribution in [0.3, 0.4) is 0 Å². The van der Waals surface area contributed by atoms with Gasteiger partial charge in [0, 0.05) is 18.7 Å². The largest absolute Gasteiger partial charge is 0.522 e. The highest BCUT2D eigenvalue weighted by molar-refractivity contribution is 5.88. The van der Waals surface area contributed by atoms with Crippen LogP contribution in [0.4, 0.5) is 23.8 Å². The molecule has 1 aliphatic heterocycles. The first kappa shape index (κ1) is 25.7. The molecule has 192 valence electrons. The number of benzene rings is 2. The van der Waals surface area contributed by atoms with E-state index in [1.165, 1.54) is 5.56 Å². The number of likely N-dealkylation sites (tertiary alicyclic amines) is 1. The van der Waals surface area contributed by atoms with Crippen molar-refractivity contribution in [3.05, 3.63) is 77.5 Å². The number of nitrogens with zero attached hydrogens (tertiary/aromatic N) is 3. The maximum Gasteiger partial charge on any atom is 0.522 e. The lowest BCUT2D eigenvalue weighted by molar-refractivity contribution is -0.324. The number of alkyl halides is 3. The van der Waals surface area contributed by atoms with Gasteiger partial charge in [0.05, 0.1) is 18.0 Å². The van der Waals surface area contributed by atoms with Crippen LogP contribution in [0.2, 0.25) is 0 Å². The molecule has 2 aromatic carbocycles. The van der Waals surface area contributed by atoms with Gasteiger partial charge in [-0.2, -0.15) is 5.10 Å². The molecule has 1 fully saturated rings. The summed E-state index contributed by atoms with van der Waals surface area (Å²) in [7, 11) is 0. The van der Waals surface area contributed by atoms with Gasteiger partial charge >= 0.3 is 12.4 Å². The smallest absolute Gasteiger partial charge is 0.351 e. The fourth-order valence-electron chi connectivity index (χ4n) is 4.72. The molecule has 2 heterocycles. The van der Waals surface area contributed by atoms with E-state index in [2.05, 4.69) is 27.3 Å². The monoisotopic (exact) mass is 501 g/mol. The van der Waals surface area contributed by atoms with E-state index in [0.717, 1.165) is 55.7 Å². The number of hydrogen-bond acceptors (Lipinski definition) is 4. The van der Waals surface area contributed by atoms with E-state index in [1.54, 1.807) is 4.68 Å². The van der Waals surface area contributed by atoms with Gasteiger partial charge in [-0.15, -0.1) is 13.2 Å². The lowest BCUT2D eigenvalue weighted by Gasteiger charge is -2.16. The van der Waals surface area contributed by atoms with Gasteiger partial charge < -0.3 is 10.6 Å². The second-order valence-electron chi connectivity index (χ2n) is 8.86. The summed E-state index contributed by atoms with van der Waals surface area (Å²) in [4.78, 5) is 13.1. The van der Waals surface area contributed by atoms with Crippen LogP contribution in [-0.4, -0.2) is 53.3 Å². The van der Waals surface area contributed by atoms with Gasteiger partial charge in [-0.25, -0.2) is 9.48 Å². The highest BCUT2D eigenvalue weighted by atomic mass is 19.4. The summed E-state index contributed by atoms with van der Waals surface area (Å²) >= 11 is 0. The fourth-order valence-corrected chi connectivity index (χ4v) is 4.72. The first-order valence-corrected chi connectivity index (χ1v) is 12.0. The Balaban J connectivity index is 0.000000169. The first-order chi connectivity index (χ1) is 17.3. The maximum atomic E-state index is 11.8. The predicted octanol–water partition coefficient (Wildman–Crippen LogP) is 4.86. The molecule has 0 radical (unpaired) electrons. The summed E-state index contributed by atoms with van der Waals surface area (Å²) in [6.07, 6.45) is -0.532. The van der Waals surface area contributed by atoms with Crippen molar-refractivity contribution in [1.82, 2.24) is 14.7 Å². The van der Waals surface area contributed by atoms with Crippen molar-refractivity contribution >= 4 is 11.8 Å². The molecule has 1 aromatic heterocycles. The number of primary amides is 1. The molecule has 7 nitrogen and oxygen atoms in total. The van der Waals surface area contributed by atoms with Crippen molar-refractivity contribution in [3.8, 4) is 5.69 Å². The highest BCUT2D eigenvalue weighted by Crippen LogP contribution is 2.31. The topological polar surface area (TPSA) is 85.4 Å². The Bertz CT molecular complexity index is 1140. The quantitative estimate of drug-likeness (QED) is 0.505. The molecular weight excluding hydrogens is 471 g/mol. The van der Waals surface area contributed by atoms with Crippen LogP contribution in [0.5, 0.6) is 0 Å². The average molecular weight is 502 g/mol. The number of ether oxygens (including phenoxy) is 1. The first-order valence-electron chi connectivity index (χ1n) is 12.0. The van der Waals surface area contributed by atoms with E-state index >= 15 is 0 Å². The summed E-state index contributed by atoms with van der Waals surface area (Å²) in [5.74, 6) is 1.14. The lowest BCUT2D eigenvalue weighted by atomic mass is 9.99. The van der Waals surface area contributed by atoms with Crippen LogP contribution < -0.4 is 11.1 Å². The molecule has 1 aliphatic carbocycles. The van der Waals surface area contributed by atoms with E-state index in [0.29, 0.717) is 18.3 Å². The molecule has 10 heteroatoms. The van der Waals surface area contributed by atoms with Crippen molar-refractivity contribution in [2.75, 3.05) is 31.6 Å². The molecule has 2 amide bonds. The van der Waals surface area contributed by atoms with Gasteiger partial charge in [-0.3, -0.25) is 10.1 Å². The Morgan fingerprint density at radius 1 is 1.08 bits per heavy atom. The van der Waals surface area contributed by atoms with Crippen molar-refractivity contribution in [1.29, 1.82) is 0 Å². The summed E-state index contributed by atoms with van der Waals surface area (Å²) in [5.41, 5.74) is 9.59. The molecule has 36 heavy (non-hydrogen) atoms. The molecule has 1 unspecified atom stereocenters. The summed E-state index contributed by atoms with van der Waals surface area (Å²) in [6, 6.07) is 19.3. The number of urea groups is 1. The van der Waals surface area contributed by atoms with E-state index in [9.17, 15) is 18.0 Å². The third kappa shape index (κ3) is 6.86. The third-order valence-electron chi connectivity index (χ3n) is 6.37. The molecule has 0 bridgehead atoms. The van der Waals surface area contributed by atoms with Crippen LogP contribution in [-0.2, 0) is 17.6 Å². The Morgan fingerprint density at radius 2 is 1.78 bits per heavy atom. The zero-order valence-electron chi connectivity index (χ0n) is 19.9. The van der Waals surface area contributed by atoms with Gasteiger partial charge in [0.25, 0.3) is 0 Å². The summed E-state index contributed by atoms with van der Waals surface area (Å²) in [6.45, 7) is 1.69. The second kappa shape index (κ2) is 11.6. The molecule has 3 aromatic rings. The minimum Gasteiger partial charge on any atom is -0.351 e. The van der Waals surface area contributed by atoms with E-state index < -0.39 is 12.4 Å². The van der Waals surface area contributed by atoms with Crippen molar-refractivity contribution in [2.24, 2.45) is 5.73 Å². The van der Waals surface area contributed by atoms with Crippen molar-refractivity contribution < 1.29 is 22.7 Å². The van der Waals surface area contributed by atoms with Gasteiger partial charge in [0.1, 0.15) is 5.82 Å². The van der Waals surface area contributed by atoms with Crippen molar-refractivity contribution in [3.63, 3.8) is 0 Å². The maximum absolute atomic E-state index is 11.8. The van der Waals surface area contributed by atoms with E-state index in [-0.39, 0.29) is 6.61 Å². The fraction of sp³-hybridized carbons (Fsp3) is 0.385. The highest BCUT2D eigenvalue weighted by Gasteiger charge is 2.30. The number of rotatable bonds is 6. The minimum atomic E-state index is -4.52. The molecule has 5 rings (SSSR count). The number of para-hydroxylation sites is 1. The summed E-state index contributed by atoms with van der Waals surface area (Å²) in [5, 5.41) is 7.25. The number of amides is 2. The Hall–Kier alpha value is -3.37. The number of aromatic nitrogens is 2. The molecule has 2 aliphatic rings. The Labute approximate surface area is 208 Å². The zero-order valence-corrected chi connectivity index (χ0v) is 19.9. The standard InChI is InChI=1S/C13H16F3NO.C13H14N4O/c14-13(15,16)18-9-8-17-7-6-12(10-17)11-4-2-1-3-5-11;14-13(18)15-12-10-7-4-8-11(10)16-17(12)9-5-2-1-3-6-9/h1-5,12H,6-10H2;1-3,5-6H,4,7-8H2,(H3,14,15,18). The SMILES string of the molecule is FC(F)(F)OCCN1CCC(c2ccccc2)C1.NC(=O)Nc1c2c(nn1-c1ccccc1)CCC2. The number of fused-ring (bicyclic) bond motifs is 1. The zero-order chi connectivity index (χ0) is 25.5. The van der Waals surface area contributed by atoms with E-state index in [1.807, 2.05) is 53.4 Å². The number of nitrogens with one attached hydrogen (secondary N) is 1. The predicted molar refractivity (Wildman–Crippen MR) is 131 cm³/mol. The molecular formula is C26H30F3N5O2. The molecule has 1 saturated heterocycles. The van der Waals surface area contributed by atoms with Crippen molar-refractivity contribution in [2.45, 2.75) is 38.0 Å². The lowest BCUT2D eigenvalue weighted by Crippen LogP contribution is -2.27. The van der Waals surface area contributed by atoms with Gasteiger partial charge in [0.2, 0.25) is 0 Å². The third-order valence-corrected chi connectivity index (χ3v) is 6.37. The number of carbonyl (C=O) groups is 1. The Morgan fingerprint density at radius 3 is 2.44 bits per heavy atom. The minimum absolute atomic E-state index is 0.287. The van der Waals surface area contributed by atoms with E-state index in [4.69, 9.17) is 5.73 Å². The number of halogens is 3. The number of nitrogens with two attached hydrogens (primary N) is 1. The average Bonchev–Trinajstić information content (AvgIpc) is 3.58. The number of hydrogen-bond donors (Lipinski definition) is 2. The number of aryl methyl sites for hydroxylation is 1. The summed E-state index contributed by atoms with van der Waals surface area (Å²) < 4.78 is 41.0. The van der Waals surface area contributed by atoms with Gasteiger partial charge in [0.15, 0.2) is 0 Å². The molecule has 1 atom stereocenters.